The molecule has 0 spiro atoms. The van der Waals surface area contributed by atoms with Gasteiger partial charge >= 0.3 is 0 Å². The number of para-hydroxylation sites is 3. The van der Waals surface area contributed by atoms with Crippen LogP contribution in [0.1, 0.15) is 10.1 Å². The van der Waals surface area contributed by atoms with Gasteiger partial charge in [0.2, 0.25) is 0 Å². The lowest BCUT2D eigenvalue weighted by Crippen LogP contribution is -2.20. The molecule has 3 aromatic carbocycles. The first kappa shape index (κ1) is 20.0. The molecule has 4 aromatic rings. The van der Waals surface area contributed by atoms with Crippen LogP contribution in [0.15, 0.2) is 79.1 Å². The van der Waals surface area contributed by atoms with Crippen molar-refractivity contribution < 1.29 is 9.53 Å². The Morgan fingerprint density at radius 2 is 1.74 bits per heavy atom. The SMILES string of the molecule is O=C(COc1ccccc1C1SCCS1)Nc1ccc(-n2cnc3ccccc32)cc1. The number of rotatable bonds is 6. The van der Waals surface area contributed by atoms with Crippen LogP contribution in [0.5, 0.6) is 5.75 Å². The van der Waals surface area contributed by atoms with Crippen LogP contribution in [0.3, 0.4) is 0 Å². The number of hydrogen-bond acceptors (Lipinski definition) is 5. The van der Waals surface area contributed by atoms with Crippen molar-refractivity contribution in [1.29, 1.82) is 0 Å². The molecule has 1 fully saturated rings. The van der Waals surface area contributed by atoms with Gasteiger partial charge in [-0.25, -0.2) is 4.98 Å². The van der Waals surface area contributed by atoms with Gasteiger partial charge in [0.25, 0.3) is 5.91 Å². The summed E-state index contributed by atoms with van der Waals surface area (Å²) in [6, 6.07) is 23.7. The summed E-state index contributed by atoms with van der Waals surface area (Å²) in [6.45, 7) is -0.0209. The minimum Gasteiger partial charge on any atom is -0.483 e. The van der Waals surface area contributed by atoms with E-state index in [0.29, 0.717) is 4.58 Å². The Kier molecular flexibility index (Phi) is 5.86. The summed E-state index contributed by atoms with van der Waals surface area (Å²) in [4.78, 5) is 16.9. The number of thioether (sulfide) groups is 2. The number of hydrogen-bond donors (Lipinski definition) is 1. The molecule has 0 unspecified atom stereocenters. The van der Waals surface area contributed by atoms with Gasteiger partial charge in [-0.1, -0.05) is 30.3 Å². The Morgan fingerprint density at radius 1 is 1.00 bits per heavy atom. The Morgan fingerprint density at radius 3 is 2.58 bits per heavy atom. The van der Waals surface area contributed by atoms with Crippen molar-refractivity contribution in [3.8, 4) is 11.4 Å². The van der Waals surface area contributed by atoms with Gasteiger partial charge in [-0.15, -0.1) is 23.5 Å². The number of imidazole rings is 1. The number of anilines is 1. The molecule has 0 radical (unpaired) electrons. The van der Waals surface area contributed by atoms with Crippen LogP contribution in [0.2, 0.25) is 0 Å². The predicted octanol–water partition coefficient (Wildman–Crippen LogP) is 5.52. The lowest BCUT2D eigenvalue weighted by atomic mass is 10.2. The zero-order valence-corrected chi connectivity index (χ0v) is 18.4. The highest BCUT2D eigenvalue weighted by molar-refractivity contribution is 8.19. The van der Waals surface area contributed by atoms with Crippen LogP contribution in [-0.2, 0) is 4.79 Å². The molecular formula is C24H21N3O2S2. The quantitative estimate of drug-likeness (QED) is 0.422. The number of fused-ring (bicyclic) bond motifs is 1. The molecule has 156 valence electrons. The molecule has 1 N–H and O–H groups in total. The van der Waals surface area contributed by atoms with Gasteiger partial charge in [-0.3, -0.25) is 9.36 Å². The van der Waals surface area contributed by atoms with E-state index in [2.05, 4.69) is 16.4 Å². The minimum absolute atomic E-state index is 0.0209. The van der Waals surface area contributed by atoms with E-state index in [4.69, 9.17) is 4.74 Å². The molecule has 1 saturated heterocycles. The molecule has 5 nitrogen and oxygen atoms in total. The summed E-state index contributed by atoms with van der Waals surface area (Å²) >= 11 is 3.85. The number of nitrogens with zero attached hydrogens (tertiary/aromatic N) is 2. The predicted molar refractivity (Wildman–Crippen MR) is 129 cm³/mol. The summed E-state index contributed by atoms with van der Waals surface area (Å²) in [5.74, 6) is 2.90. The van der Waals surface area contributed by atoms with E-state index in [9.17, 15) is 4.79 Å². The molecule has 0 saturated carbocycles. The molecule has 31 heavy (non-hydrogen) atoms. The normalized spacial score (nSPS) is 14.1. The van der Waals surface area contributed by atoms with E-state index in [1.807, 2.05) is 101 Å². The highest BCUT2D eigenvalue weighted by atomic mass is 32.2. The summed E-state index contributed by atoms with van der Waals surface area (Å²) in [6.07, 6.45) is 1.81. The third-order valence-corrected chi connectivity index (χ3v) is 8.10. The smallest absolute Gasteiger partial charge is 0.262 e. The highest BCUT2D eigenvalue weighted by Crippen LogP contribution is 2.48. The average molecular weight is 448 g/mol. The van der Waals surface area contributed by atoms with Gasteiger partial charge in [-0.2, -0.15) is 0 Å². The van der Waals surface area contributed by atoms with Crippen molar-refractivity contribution in [3.63, 3.8) is 0 Å². The van der Waals surface area contributed by atoms with E-state index in [0.717, 1.165) is 45.2 Å². The first-order valence-corrected chi connectivity index (χ1v) is 12.1. The molecule has 1 amide bonds. The monoisotopic (exact) mass is 447 g/mol. The second kappa shape index (κ2) is 9.08. The molecule has 0 aliphatic carbocycles. The molecule has 0 atom stereocenters. The number of aromatic nitrogens is 2. The van der Waals surface area contributed by atoms with Crippen molar-refractivity contribution >= 4 is 46.2 Å². The number of carbonyl (C=O) groups is 1. The van der Waals surface area contributed by atoms with Crippen LogP contribution in [0.25, 0.3) is 16.7 Å². The van der Waals surface area contributed by atoms with Gasteiger partial charge in [-0.05, 0) is 42.5 Å². The average Bonchev–Trinajstić information content (AvgIpc) is 3.49. The first-order chi connectivity index (χ1) is 15.3. The second-order valence-electron chi connectivity index (χ2n) is 7.10. The molecule has 1 aliphatic heterocycles. The maximum atomic E-state index is 12.4. The second-order valence-corrected chi connectivity index (χ2v) is 9.82. The van der Waals surface area contributed by atoms with Gasteiger partial charge in [0.1, 0.15) is 12.1 Å². The van der Waals surface area contributed by atoms with Crippen LogP contribution < -0.4 is 10.1 Å². The van der Waals surface area contributed by atoms with Gasteiger partial charge in [0.15, 0.2) is 6.61 Å². The maximum absolute atomic E-state index is 12.4. The minimum atomic E-state index is -0.178. The third kappa shape index (κ3) is 4.43. The zero-order valence-electron chi connectivity index (χ0n) is 16.7. The van der Waals surface area contributed by atoms with E-state index in [1.165, 1.54) is 0 Å². The van der Waals surface area contributed by atoms with Crippen LogP contribution >= 0.6 is 23.5 Å². The molecule has 1 aromatic heterocycles. The molecule has 5 rings (SSSR count). The zero-order chi connectivity index (χ0) is 21.0. The van der Waals surface area contributed by atoms with Crippen molar-refractivity contribution in [2.45, 2.75) is 4.58 Å². The number of amides is 1. The van der Waals surface area contributed by atoms with Crippen molar-refractivity contribution in [2.75, 3.05) is 23.4 Å². The van der Waals surface area contributed by atoms with Crippen LogP contribution in [0, 0.1) is 0 Å². The van der Waals surface area contributed by atoms with E-state index in [1.54, 1.807) is 0 Å². The number of benzene rings is 3. The highest BCUT2D eigenvalue weighted by Gasteiger charge is 2.21. The topological polar surface area (TPSA) is 56.1 Å². The van der Waals surface area contributed by atoms with Crippen molar-refractivity contribution in [3.05, 3.63) is 84.7 Å². The molecule has 2 heterocycles. The number of nitrogens with one attached hydrogen (secondary N) is 1. The maximum Gasteiger partial charge on any atom is 0.262 e. The molecule has 7 heteroatoms. The Hall–Kier alpha value is -2.90. The Bertz CT molecular complexity index is 1200. The van der Waals surface area contributed by atoms with Crippen molar-refractivity contribution in [1.82, 2.24) is 9.55 Å². The van der Waals surface area contributed by atoms with Gasteiger partial charge in [0, 0.05) is 28.4 Å². The fourth-order valence-corrected chi connectivity index (χ4v) is 6.46. The van der Waals surface area contributed by atoms with Crippen molar-refractivity contribution in [2.24, 2.45) is 0 Å². The standard InChI is InChI=1S/C24H21N3O2S2/c28-23(15-29-22-8-4-1-5-19(22)24-30-13-14-31-24)26-17-9-11-18(12-10-17)27-16-25-20-6-2-3-7-21(20)27/h1-12,16,24H,13-15H2,(H,26,28). The third-order valence-electron chi connectivity index (χ3n) is 5.04. The van der Waals surface area contributed by atoms with E-state index >= 15 is 0 Å². The molecular weight excluding hydrogens is 426 g/mol. The fourth-order valence-electron chi connectivity index (χ4n) is 3.56. The van der Waals surface area contributed by atoms with Gasteiger partial charge < -0.3 is 10.1 Å². The van der Waals surface area contributed by atoms with Gasteiger partial charge in [0.05, 0.1) is 15.6 Å². The fraction of sp³-hybridized carbons (Fsp3) is 0.167. The first-order valence-electron chi connectivity index (χ1n) is 10.1. The largest absolute Gasteiger partial charge is 0.483 e. The number of ether oxygens (including phenoxy) is 1. The summed E-state index contributed by atoms with van der Waals surface area (Å²) < 4.78 is 8.27. The van der Waals surface area contributed by atoms with Crippen LogP contribution in [-0.4, -0.2) is 33.6 Å². The van der Waals surface area contributed by atoms with Crippen LogP contribution in [0.4, 0.5) is 5.69 Å². The molecule has 1 aliphatic rings. The van der Waals surface area contributed by atoms with E-state index in [-0.39, 0.29) is 12.5 Å². The van der Waals surface area contributed by atoms with E-state index < -0.39 is 0 Å². The molecule has 0 bridgehead atoms. The summed E-state index contributed by atoms with van der Waals surface area (Å²) in [5.41, 5.74) is 4.87. The lowest BCUT2D eigenvalue weighted by molar-refractivity contribution is -0.118. The Balaban J connectivity index is 1.22. The summed E-state index contributed by atoms with van der Waals surface area (Å²) in [7, 11) is 0. The lowest BCUT2D eigenvalue weighted by Gasteiger charge is -2.15. The summed E-state index contributed by atoms with van der Waals surface area (Å²) in [5, 5.41) is 2.91. The Labute approximate surface area is 189 Å². The number of carbonyl (C=O) groups excluding carboxylic acids is 1.